The van der Waals surface area contributed by atoms with Crippen LogP contribution < -0.4 is 5.32 Å². The predicted molar refractivity (Wildman–Crippen MR) is 92.3 cm³/mol. The van der Waals surface area contributed by atoms with E-state index in [1.54, 1.807) is 0 Å². The van der Waals surface area contributed by atoms with Crippen LogP contribution in [0.5, 0.6) is 0 Å². The molecule has 1 heterocycles. The van der Waals surface area contributed by atoms with E-state index in [-0.39, 0.29) is 5.54 Å². The van der Waals surface area contributed by atoms with E-state index < -0.39 is 0 Å². The molecule has 1 aromatic rings. The Morgan fingerprint density at radius 3 is 2.52 bits per heavy atom. The normalized spacial score (nSPS) is 22.4. The average Bonchev–Trinajstić information content (AvgIpc) is 2.50. The van der Waals surface area contributed by atoms with E-state index in [0.29, 0.717) is 11.1 Å². The third-order valence-electron chi connectivity index (χ3n) is 4.95. The van der Waals surface area contributed by atoms with Gasteiger partial charge in [0, 0.05) is 41.3 Å². The Bertz CT molecular complexity index is 472. The molecule has 118 valence electrons. The Balaban J connectivity index is 2.17. The lowest BCUT2D eigenvalue weighted by molar-refractivity contribution is 0.0643. The minimum absolute atomic E-state index is 0.241. The second-order valence-electron chi connectivity index (χ2n) is 6.07. The minimum atomic E-state index is 0.241. The molecule has 1 aliphatic rings. The fraction of sp³-hybridized carbons (Fsp3) is 0.647. The fourth-order valence-electron chi connectivity index (χ4n) is 3.22. The zero-order chi connectivity index (χ0) is 15.5. The molecule has 1 N–H and O–H groups in total. The summed E-state index contributed by atoms with van der Waals surface area (Å²) < 4.78 is 0. The van der Waals surface area contributed by atoms with Crippen molar-refractivity contribution in [2.24, 2.45) is 0 Å². The molecule has 2 rings (SSSR count). The van der Waals surface area contributed by atoms with E-state index >= 15 is 0 Å². The molecule has 21 heavy (non-hydrogen) atoms. The number of benzene rings is 1. The number of piperazine rings is 1. The number of halogens is 2. The van der Waals surface area contributed by atoms with Crippen molar-refractivity contribution in [1.29, 1.82) is 0 Å². The van der Waals surface area contributed by atoms with Crippen molar-refractivity contribution in [3.05, 3.63) is 33.8 Å². The predicted octanol–water partition coefficient (Wildman–Crippen LogP) is 4.74. The maximum atomic E-state index is 6.35. The molecule has 1 atom stereocenters. The third kappa shape index (κ3) is 3.92. The molecule has 0 aromatic heterocycles. The Morgan fingerprint density at radius 2 is 1.95 bits per heavy atom. The van der Waals surface area contributed by atoms with Crippen LogP contribution in [0.4, 0.5) is 0 Å². The Kier molecular flexibility index (Phi) is 5.96. The van der Waals surface area contributed by atoms with Crippen molar-refractivity contribution in [2.75, 3.05) is 13.1 Å². The second-order valence-corrected chi connectivity index (χ2v) is 6.91. The van der Waals surface area contributed by atoms with Crippen molar-refractivity contribution in [1.82, 2.24) is 10.2 Å². The SMILES string of the molecule is CCC1CNC(CC)(CC)CN1Cc1ccc(Cl)cc1Cl. The first-order valence-corrected chi connectivity index (χ1v) is 8.72. The zero-order valence-corrected chi connectivity index (χ0v) is 14.8. The smallest absolute Gasteiger partial charge is 0.0465 e. The van der Waals surface area contributed by atoms with Crippen LogP contribution in [0.1, 0.15) is 45.6 Å². The van der Waals surface area contributed by atoms with Gasteiger partial charge in [0.25, 0.3) is 0 Å². The van der Waals surface area contributed by atoms with Gasteiger partial charge in [0.2, 0.25) is 0 Å². The summed E-state index contributed by atoms with van der Waals surface area (Å²) in [6, 6.07) is 6.40. The van der Waals surface area contributed by atoms with Crippen molar-refractivity contribution in [2.45, 2.75) is 58.2 Å². The highest BCUT2D eigenvalue weighted by molar-refractivity contribution is 6.35. The Hall–Kier alpha value is -0.280. The van der Waals surface area contributed by atoms with E-state index in [2.05, 4.69) is 37.1 Å². The quantitative estimate of drug-likeness (QED) is 0.840. The highest BCUT2D eigenvalue weighted by Gasteiger charge is 2.36. The van der Waals surface area contributed by atoms with Crippen molar-refractivity contribution in [3.63, 3.8) is 0 Å². The number of nitrogens with zero attached hydrogens (tertiary/aromatic N) is 1. The van der Waals surface area contributed by atoms with E-state index in [1.807, 2.05) is 12.1 Å². The van der Waals surface area contributed by atoms with E-state index in [0.717, 1.165) is 43.9 Å². The molecule has 0 aliphatic carbocycles. The first kappa shape index (κ1) is 17.1. The summed E-state index contributed by atoms with van der Waals surface area (Å²) in [5.74, 6) is 0. The number of nitrogens with one attached hydrogen (secondary N) is 1. The molecule has 1 saturated heterocycles. The summed E-state index contributed by atoms with van der Waals surface area (Å²) in [6.45, 7) is 9.85. The van der Waals surface area contributed by atoms with Crippen molar-refractivity contribution >= 4 is 23.2 Å². The monoisotopic (exact) mass is 328 g/mol. The molecule has 0 radical (unpaired) electrons. The van der Waals surface area contributed by atoms with Crippen LogP contribution in [0, 0.1) is 0 Å². The summed E-state index contributed by atoms with van der Waals surface area (Å²) >= 11 is 12.3. The molecule has 0 bridgehead atoms. The van der Waals surface area contributed by atoms with Gasteiger partial charge in [-0.15, -0.1) is 0 Å². The van der Waals surface area contributed by atoms with Gasteiger partial charge in [-0.05, 0) is 37.0 Å². The molecule has 0 spiro atoms. The van der Waals surface area contributed by atoms with Gasteiger partial charge in [-0.3, -0.25) is 4.90 Å². The van der Waals surface area contributed by atoms with E-state index in [9.17, 15) is 0 Å². The molecular weight excluding hydrogens is 303 g/mol. The van der Waals surface area contributed by atoms with Gasteiger partial charge >= 0.3 is 0 Å². The topological polar surface area (TPSA) is 15.3 Å². The third-order valence-corrected chi connectivity index (χ3v) is 5.54. The van der Waals surface area contributed by atoms with E-state index in [4.69, 9.17) is 23.2 Å². The number of rotatable bonds is 5. The van der Waals surface area contributed by atoms with Gasteiger partial charge in [0.15, 0.2) is 0 Å². The van der Waals surface area contributed by atoms with Crippen LogP contribution in [0.15, 0.2) is 18.2 Å². The highest BCUT2D eigenvalue weighted by Crippen LogP contribution is 2.28. The highest BCUT2D eigenvalue weighted by atomic mass is 35.5. The molecule has 4 heteroatoms. The summed E-state index contributed by atoms with van der Waals surface area (Å²) in [5, 5.41) is 5.25. The lowest BCUT2D eigenvalue weighted by atomic mass is 9.88. The first-order valence-electron chi connectivity index (χ1n) is 7.96. The van der Waals surface area contributed by atoms with Crippen LogP contribution >= 0.6 is 23.2 Å². The minimum Gasteiger partial charge on any atom is -0.308 e. The maximum Gasteiger partial charge on any atom is 0.0465 e. The fourth-order valence-corrected chi connectivity index (χ4v) is 3.69. The van der Waals surface area contributed by atoms with Crippen LogP contribution in [-0.4, -0.2) is 29.6 Å². The first-order chi connectivity index (χ1) is 10.0. The molecule has 1 unspecified atom stereocenters. The molecule has 1 aliphatic heterocycles. The van der Waals surface area contributed by atoms with Crippen molar-refractivity contribution < 1.29 is 0 Å². The van der Waals surface area contributed by atoms with Gasteiger partial charge in [-0.2, -0.15) is 0 Å². The van der Waals surface area contributed by atoms with Crippen molar-refractivity contribution in [3.8, 4) is 0 Å². The van der Waals surface area contributed by atoms with Gasteiger partial charge in [-0.1, -0.05) is 50.0 Å². The molecule has 1 fully saturated rings. The van der Waals surface area contributed by atoms with Gasteiger partial charge < -0.3 is 5.32 Å². The molecule has 0 saturated carbocycles. The van der Waals surface area contributed by atoms with Crippen LogP contribution in [0.25, 0.3) is 0 Å². The van der Waals surface area contributed by atoms with E-state index in [1.165, 1.54) is 5.56 Å². The molecule has 2 nitrogen and oxygen atoms in total. The zero-order valence-electron chi connectivity index (χ0n) is 13.3. The summed E-state index contributed by atoms with van der Waals surface area (Å²) in [4.78, 5) is 2.58. The Labute approximate surface area is 138 Å². The number of hydrogen-bond acceptors (Lipinski definition) is 2. The standard InChI is InChI=1S/C17H26Cl2N2/c1-4-15-10-20-17(5-2,6-3)12-21(15)11-13-7-8-14(18)9-16(13)19/h7-9,15,20H,4-6,10-12H2,1-3H3. The van der Waals surface area contributed by atoms with Gasteiger partial charge in [0.1, 0.15) is 0 Å². The summed E-state index contributed by atoms with van der Waals surface area (Å²) in [5.41, 5.74) is 1.41. The van der Waals surface area contributed by atoms with Crippen LogP contribution in [0.2, 0.25) is 10.0 Å². The largest absolute Gasteiger partial charge is 0.308 e. The Morgan fingerprint density at radius 1 is 1.24 bits per heavy atom. The summed E-state index contributed by atoms with van der Waals surface area (Å²) in [6.07, 6.45) is 3.47. The number of hydrogen-bond donors (Lipinski definition) is 1. The lowest BCUT2D eigenvalue weighted by Gasteiger charge is -2.47. The maximum absolute atomic E-state index is 6.35. The second kappa shape index (κ2) is 7.32. The average molecular weight is 329 g/mol. The molecular formula is C17H26Cl2N2. The molecule has 0 amide bonds. The van der Waals surface area contributed by atoms with Crippen LogP contribution in [-0.2, 0) is 6.54 Å². The van der Waals surface area contributed by atoms with Gasteiger partial charge in [0.05, 0.1) is 0 Å². The molecule has 1 aromatic carbocycles. The van der Waals surface area contributed by atoms with Gasteiger partial charge in [-0.25, -0.2) is 0 Å². The summed E-state index contributed by atoms with van der Waals surface area (Å²) in [7, 11) is 0. The lowest BCUT2D eigenvalue weighted by Crippen LogP contribution is -2.63. The van der Waals surface area contributed by atoms with Crippen LogP contribution in [0.3, 0.4) is 0 Å².